The van der Waals surface area contributed by atoms with E-state index in [-0.39, 0.29) is 0 Å². The first-order valence-corrected chi connectivity index (χ1v) is 6.76. The summed E-state index contributed by atoms with van der Waals surface area (Å²) in [6, 6.07) is 2.00. The summed E-state index contributed by atoms with van der Waals surface area (Å²) in [5.74, 6) is 0.547. The van der Waals surface area contributed by atoms with Gasteiger partial charge in [0.25, 0.3) is 0 Å². The normalized spacial score (nSPS) is 20.2. The van der Waals surface area contributed by atoms with Gasteiger partial charge in [-0.3, -0.25) is 0 Å². The van der Waals surface area contributed by atoms with Gasteiger partial charge in [0.1, 0.15) is 0 Å². The molecule has 0 bridgehead atoms. The second-order valence-electron chi connectivity index (χ2n) is 4.30. The highest BCUT2D eigenvalue weighted by Crippen LogP contribution is 2.20. The van der Waals surface area contributed by atoms with Crippen LogP contribution in [0.15, 0.2) is 16.7 Å². The topological polar surface area (TPSA) is 42.8 Å². The van der Waals surface area contributed by atoms with E-state index in [2.05, 4.69) is 30.5 Å². The molecule has 1 atom stereocenters. The fourth-order valence-electron chi connectivity index (χ4n) is 2.17. The lowest BCUT2D eigenvalue weighted by atomic mass is 10.1. The van der Waals surface area contributed by atoms with Crippen molar-refractivity contribution in [3.05, 3.63) is 21.5 Å². The molecule has 0 saturated carbocycles. The molecule has 0 amide bonds. The monoisotopic (exact) mass is 313 g/mol. The standard InChI is InChI=1S/C11H12BrN3OS/c12-8-3-9-10(13-4-8)15(11(17)14-9)5-7-1-2-16-6-7/h3-4,7H,1-2,5-6H2,(H,14,17). The minimum atomic E-state index is 0.547. The highest BCUT2D eigenvalue weighted by molar-refractivity contribution is 9.10. The van der Waals surface area contributed by atoms with Crippen LogP contribution in [0.3, 0.4) is 0 Å². The van der Waals surface area contributed by atoms with Crippen molar-refractivity contribution in [1.29, 1.82) is 0 Å². The van der Waals surface area contributed by atoms with Crippen LogP contribution in [-0.2, 0) is 11.3 Å². The molecule has 4 nitrogen and oxygen atoms in total. The number of hydrogen-bond donors (Lipinski definition) is 1. The van der Waals surface area contributed by atoms with Gasteiger partial charge in [-0.25, -0.2) is 4.98 Å². The molecule has 1 aliphatic heterocycles. The number of hydrogen-bond acceptors (Lipinski definition) is 3. The van der Waals surface area contributed by atoms with Crippen LogP contribution < -0.4 is 0 Å². The zero-order valence-electron chi connectivity index (χ0n) is 9.15. The predicted octanol–water partition coefficient (Wildman–Crippen LogP) is 2.89. The Labute approximate surface area is 112 Å². The summed E-state index contributed by atoms with van der Waals surface area (Å²) < 4.78 is 9.15. The van der Waals surface area contributed by atoms with Gasteiger partial charge in [-0.2, -0.15) is 0 Å². The van der Waals surface area contributed by atoms with Crippen molar-refractivity contribution in [3.8, 4) is 0 Å². The molecule has 0 aliphatic carbocycles. The average molecular weight is 314 g/mol. The molecule has 2 aromatic heterocycles. The molecule has 0 aromatic carbocycles. The number of aromatic nitrogens is 3. The van der Waals surface area contributed by atoms with Crippen LogP contribution in [0.25, 0.3) is 11.2 Å². The van der Waals surface area contributed by atoms with Crippen molar-refractivity contribution in [2.24, 2.45) is 5.92 Å². The van der Waals surface area contributed by atoms with Crippen molar-refractivity contribution in [3.63, 3.8) is 0 Å². The van der Waals surface area contributed by atoms with Gasteiger partial charge >= 0.3 is 0 Å². The maximum atomic E-state index is 5.39. The van der Waals surface area contributed by atoms with E-state index in [0.29, 0.717) is 5.92 Å². The highest BCUT2D eigenvalue weighted by atomic mass is 79.9. The SMILES string of the molecule is S=c1[nH]c2cc(Br)cnc2n1CC1CCOC1. The summed E-state index contributed by atoms with van der Waals surface area (Å²) in [6.07, 6.45) is 2.90. The third-order valence-electron chi connectivity index (χ3n) is 3.04. The Hall–Kier alpha value is -0.720. The molecule has 0 spiro atoms. The number of aromatic amines is 1. The van der Waals surface area contributed by atoms with Gasteiger partial charge in [-0.15, -0.1) is 0 Å². The minimum absolute atomic E-state index is 0.547. The summed E-state index contributed by atoms with van der Waals surface area (Å²) in [6.45, 7) is 2.57. The molecule has 1 N–H and O–H groups in total. The maximum absolute atomic E-state index is 5.39. The van der Waals surface area contributed by atoms with Crippen molar-refractivity contribution < 1.29 is 4.74 Å². The molecule has 0 radical (unpaired) electrons. The fraction of sp³-hybridized carbons (Fsp3) is 0.455. The molecular weight excluding hydrogens is 302 g/mol. The van der Waals surface area contributed by atoms with Crippen LogP contribution >= 0.6 is 28.1 Å². The Kier molecular flexibility index (Phi) is 3.02. The van der Waals surface area contributed by atoms with E-state index >= 15 is 0 Å². The van der Waals surface area contributed by atoms with Crippen molar-refractivity contribution >= 4 is 39.3 Å². The average Bonchev–Trinajstić information content (AvgIpc) is 2.88. The molecule has 1 unspecified atom stereocenters. The summed E-state index contributed by atoms with van der Waals surface area (Å²) >= 11 is 8.75. The second-order valence-corrected chi connectivity index (χ2v) is 5.60. The van der Waals surface area contributed by atoms with Gasteiger partial charge in [0.2, 0.25) is 0 Å². The molecule has 90 valence electrons. The van der Waals surface area contributed by atoms with Gasteiger partial charge in [-0.1, -0.05) is 0 Å². The molecule has 1 aliphatic rings. The number of imidazole rings is 1. The Morgan fingerprint density at radius 1 is 1.65 bits per heavy atom. The molecule has 3 rings (SSSR count). The first-order chi connectivity index (χ1) is 8.24. The van der Waals surface area contributed by atoms with Gasteiger partial charge < -0.3 is 14.3 Å². The molecular formula is C11H12BrN3OS. The molecule has 1 saturated heterocycles. The summed E-state index contributed by atoms with van der Waals surface area (Å²) in [7, 11) is 0. The Balaban J connectivity index is 2.02. The first kappa shape index (κ1) is 11.4. The first-order valence-electron chi connectivity index (χ1n) is 5.56. The quantitative estimate of drug-likeness (QED) is 0.867. The van der Waals surface area contributed by atoms with Gasteiger partial charge in [0.15, 0.2) is 10.4 Å². The van der Waals surface area contributed by atoms with Gasteiger partial charge in [-0.05, 0) is 40.6 Å². The van der Waals surface area contributed by atoms with Gasteiger partial charge in [0.05, 0.1) is 12.1 Å². The number of pyridine rings is 1. The lowest BCUT2D eigenvalue weighted by molar-refractivity contribution is 0.182. The molecule has 1 fully saturated rings. The molecule has 2 aromatic rings. The fourth-order valence-corrected chi connectivity index (χ4v) is 2.78. The van der Waals surface area contributed by atoms with E-state index in [9.17, 15) is 0 Å². The molecule has 3 heterocycles. The molecule has 17 heavy (non-hydrogen) atoms. The Morgan fingerprint density at radius 3 is 3.29 bits per heavy atom. The highest BCUT2D eigenvalue weighted by Gasteiger charge is 2.18. The van der Waals surface area contributed by atoms with E-state index in [1.807, 2.05) is 6.07 Å². The smallest absolute Gasteiger partial charge is 0.179 e. The summed E-state index contributed by atoms with van der Waals surface area (Å²) in [4.78, 5) is 7.61. The summed E-state index contributed by atoms with van der Waals surface area (Å²) in [5.41, 5.74) is 1.90. The number of rotatable bonds is 2. The number of nitrogens with zero attached hydrogens (tertiary/aromatic N) is 2. The zero-order valence-corrected chi connectivity index (χ0v) is 11.6. The Morgan fingerprint density at radius 2 is 2.53 bits per heavy atom. The van der Waals surface area contributed by atoms with Crippen molar-refractivity contribution in [2.45, 2.75) is 13.0 Å². The largest absolute Gasteiger partial charge is 0.381 e. The lowest BCUT2D eigenvalue weighted by Gasteiger charge is -2.08. The summed E-state index contributed by atoms with van der Waals surface area (Å²) in [5, 5.41) is 0. The number of H-pyrrole nitrogens is 1. The number of fused-ring (bicyclic) bond motifs is 1. The van der Waals surface area contributed by atoms with Crippen LogP contribution in [0.1, 0.15) is 6.42 Å². The van der Waals surface area contributed by atoms with E-state index in [0.717, 1.165) is 46.6 Å². The minimum Gasteiger partial charge on any atom is -0.381 e. The van der Waals surface area contributed by atoms with Crippen molar-refractivity contribution in [1.82, 2.24) is 14.5 Å². The van der Waals surface area contributed by atoms with Gasteiger partial charge in [0, 0.05) is 29.7 Å². The molecule has 6 heteroatoms. The number of ether oxygens (including phenoxy) is 1. The Bertz CT molecular complexity index is 600. The van der Waals surface area contributed by atoms with Crippen LogP contribution in [0, 0.1) is 10.7 Å². The number of nitrogens with one attached hydrogen (secondary N) is 1. The lowest BCUT2D eigenvalue weighted by Crippen LogP contribution is -2.11. The van der Waals surface area contributed by atoms with E-state index in [1.165, 1.54) is 0 Å². The van der Waals surface area contributed by atoms with Crippen LogP contribution in [0.2, 0.25) is 0 Å². The zero-order chi connectivity index (χ0) is 11.8. The predicted molar refractivity (Wildman–Crippen MR) is 71.5 cm³/mol. The maximum Gasteiger partial charge on any atom is 0.179 e. The third-order valence-corrected chi connectivity index (χ3v) is 3.80. The van der Waals surface area contributed by atoms with E-state index < -0.39 is 0 Å². The second kappa shape index (κ2) is 4.51. The third kappa shape index (κ3) is 2.17. The van der Waals surface area contributed by atoms with Crippen LogP contribution in [0.4, 0.5) is 0 Å². The number of halogens is 1. The van der Waals surface area contributed by atoms with E-state index in [1.54, 1.807) is 6.20 Å². The van der Waals surface area contributed by atoms with Crippen LogP contribution in [0.5, 0.6) is 0 Å². The van der Waals surface area contributed by atoms with Crippen molar-refractivity contribution in [2.75, 3.05) is 13.2 Å². The van der Waals surface area contributed by atoms with Crippen LogP contribution in [-0.4, -0.2) is 27.7 Å². The van der Waals surface area contributed by atoms with E-state index in [4.69, 9.17) is 17.0 Å².